The lowest BCUT2D eigenvalue weighted by Gasteiger charge is -2.28. The van der Waals surface area contributed by atoms with E-state index >= 15 is 0 Å². The first-order valence-corrected chi connectivity index (χ1v) is 9.22. The Bertz CT molecular complexity index is 672. The zero-order valence-corrected chi connectivity index (χ0v) is 16.2. The van der Waals surface area contributed by atoms with Crippen molar-refractivity contribution in [1.29, 1.82) is 0 Å². The number of nitrogens with zero attached hydrogens (tertiary/aromatic N) is 1. The molecule has 0 saturated heterocycles. The van der Waals surface area contributed by atoms with Gasteiger partial charge in [-0.1, -0.05) is 26.0 Å². The van der Waals surface area contributed by atoms with E-state index in [0.29, 0.717) is 31.2 Å². The second-order valence-corrected chi connectivity index (χ2v) is 5.92. The molecule has 0 spiro atoms. The Balaban J connectivity index is 1.96. The zero-order valence-electron chi connectivity index (χ0n) is 16.2. The Morgan fingerprint density at radius 3 is 2.59 bits per heavy atom. The van der Waals surface area contributed by atoms with Crippen LogP contribution in [0.3, 0.4) is 0 Å². The molecule has 1 heterocycles. The molecule has 1 atom stereocenters. The van der Waals surface area contributed by atoms with Crippen molar-refractivity contribution in [2.45, 2.75) is 19.9 Å². The highest BCUT2D eigenvalue weighted by Crippen LogP contribution is 2.24. The van der Waals surface area contributed by atoms with Gasteiger partial charge in [-0.2, -0.15) is 0 Å². The highest BCUT2D eigenvalue weighted by atomic mass is 16.5. The summed E-state index contributed by atoms with van der Waals surface area (Å²) >= 11 is 0. The quantitative estimate of drug-likeness (QED) is 0.588. The fourth-order valence-corrected chi connectivity index (χ4v) is 2.84. The molecule has 2 rings (SSSR count). The fraction of sp³-hybridized carbons (Fsp3) is 0.450. The number of benzene rings is 1. The maximum Gasteiger partial charge on any atom is 0.319 e. The number of ether oxygens (including phenoxy) is 2. The maximum absolute atomic E-state index is 12.4. The van der Waals surface area contributed by atoms with E-state index in [2.05, 4.69) is 29.4 Å². The van der Waals surface area contributed by atoms with Gasteiger partial charge in [0.15, 0.2) is 0 Å². The van der Waals surface area contributed by atoms with Crippen LogP contribution in [-0.2, 0) is 4.74 Å². The average Bonchev–Trinajstić information content (AvgIpc) is 3.21. The molecule has 148 valence electrons. The van der Waals surface area contributed by atoms with Gasteiger partial charge in [-0.05, 0) is 37.4 Å². The van der Waals surface area contributed by atoms with Crippen molar-refractivity contribution >= 4 is 11.7 Å². The van der Waals surface area contributed by atoms with Gasteiger partial charge >= 0.3 is 6.03 Å². The van der Waals surface area contributed by atoms with E-state index in [1.165, 1.54) is 0 Å². The predicted octanol–water partition coefficient (Wildman–Crippen LogP) is 3.51. The Labute approximate surface area is 160 Å². The van der Waals surface area contributed by atoms with Gasteiger partial charge < -0.3 is 24.5 Å². The predicted molar refractivity (Wildman–Crippen MR) is 105 cm³/mol. The second kappa shape index (κ2) is 11.3. The summed E-state index contributed by atoms with van der Waals surface area (Å²) in [6.07, 6.45) is 1.65. The number of rotatable bonds is 11. The van der Waals surface area contributed by atoms with Gasteiger partial charge in [0.1, 0.15) is 18.1 Å². The first kappa shape index (κ1) is 20.8. The van der Waals surface area contributed by atoms with Crippen LogP contribution in [0.5, 0.6) is 5.75 Å². The molecule has 2 N–H and O–H groups in total. The van der Waals surface area contributed by atoms with Crippen LogP contribution < -0.4 is 15.4 Å². The van der Waals surface area contributed by atoms with E-state index in [1.807, 2.05) is 30.3 Å². The molecule has 0 aliphatic carbocycles. The first-order chi connectivity index (χ1) is 13.2. The summed E-state index contributed by atoms with van der Waals surface area (Å²) in [6, 6.07) is 10.8. The standard InChI is InChI=1S/C20H29N3O4/c1-4-23(5-2)17(19-11-8-12-26-19)15-21-20(24)22-16-9-6-7-10-18(16)27-14-13-25-3/h6-12,17H,4-5,13-15H2,1-3H3,(H2,21,22,24). The number of likely N-dealkylation sites (N-methyl/N-ethyl adjacent to an activating group) is 1. The van der Waals surface area contributed by atoms with Crippen molar-refractivity contribution in [3.63, 3.8) is 0 Å². The number of hydrogen-bond acceptors (Lipinski definition) is 5. The zero-order chi connectivity index (χ0) is 19.5. The van der Waals surface area contributed by atoms with Crippen LogP contribution in [0.4, 0.5) is 10.5 Å². The van der Waals surface area contributed by atoms with Gasteiger partial charge in [0, 0.05) is 13.7 Å². The van der Waals surface area contributed by atoms with Crippen LogP contribution in [0, 0.1) is 0 Å². The molecule has 2 aromatic rings. The number of para-hydroxylation sites is 2. The molecule has 1 aromatic heterocycles. The molecule has 2 amide bonds. The Morgan fingerprint density at radius 1 is 1.15 bits per heavy atom. The van der Waals surface area contributed by atoms with E-state index in [9.17, 15) is 4.79 Å². The van der Waals surface area contributed by atoms with Gasteiger partial charge in [0.25, 0.3) is 0 Å². The van der Waals surface area contributed by atoms with Gasteiger partial charge in [0.2, 0.25) is 0 Å². The lowest BCUT2D eigenvalue weighted by atomic mass is 10.2. The number of methoxy groups -OCH3 is 1. The Morgan fingerprint density at radius 2 is 1.93 bits per heavy atom. The number of urea groups is 1. The summed E-state index contributed by atoms with van der Waals surface area (Å²) < 4.78 is 16.2. The van der Waals surface area contributed by atoms with Crippen molar-refractivity contribution in [3.05, 3.63) is 48.4 Å². The normalized spacial score (nSPS) is 12.0. The number of carbonyl (C=O) groups excluding carboxylic acids is 1. The number of hydrogen-bond donors (Lipinski definition) is 2. The van der Waals surface area contributed by atoms with Gasteiger partial charge in [-0.15, -0.1) is 0 Å². The van der Waals surface area contributed by atoms with E-state index in [0.717, 1.165) is 18.8 Å². The summed E-state index contributed by atoms with van der Waals surface area (Å²) in [4.78, 5) is 14.7. The van der Waals surface area contributed by atoms with E-state index in [1.54, 1.807) is 19.4 Å². The smallest absolute Gasteiger partial charge is 0.319 e. The molecular formula is C20H29N3O4. The topological polar surface area (TPSA) is 76.0 Å². The molecule has 1 unspecified atom stereocenters. The van der Waals surface area contributed by atoms with Crippen molar-refractivity contribution in [2.24, 2.45) is 0 Å². The summed E-state index contributed by atoms with van der Waals surface area (Å²) in [7, 11) is 1.62. The van der Waals surface area contributed by atoms with E-state index < -0.39 is 0 Å². The number of anilines is 1. The van der Waals surface area contributed by atoms with Crippen LogP contribution >= 0.6 is 0 Å². The molecule has 0 fully saturated rings. The molecule has 7 nitrogen and oxygen atoms in total. The summed E-state index contributed by atoms with van der Waals surface area (Å²) in [5, 5.41) is 5.78. The van der Waals surface area contributed by atoms with Gasteiger partial charge in [-0.25, -0.2) is 4.79 Å². The minimum absolute atomic E-state index is 0.0195. The SMILES string of the molecule is CCN(CC)C(CNC(=O)Nc1ccccc1OCCOC)c1ccco1. The maximum atomic E-state index is 12.4. The summed E-state index contributed by atoms with van der Waals surface area (Å²) in [5.74, 6) is 1.44. The van der Waals surface area contributed by atoms with Crippen LogP contribution in [0.2, 0.25) is 0 Å². The van der Waals surface area contributed by atoms with Crippen molar-refractivity contribution in [3.8, 4) is 5.75 Å². The molecule has 0 saturated carbocycles. The van der Waals surface area contributed by atoms with Crippen LogP contribution in [0.1, 0.15) is 25.6 Å². The third kappa shape index (κ3) is 6.30. The number of nitrogens with one attached hydrogen (secondary N) is 2. The van der Waals surface area contributed by atoms with Crippen molar-refractivity contribution in [1.82, 2.24) is 10.2 Å². The molecule has 27 heavy (non-hydrogen) atoms. The Kier molecular flexibility index (Phi) is 8.67. The molecular weight excluding hydrogens is 346 g/mol. The highest BCUT2D eigenvalue weighted by Gasteiger charge is 2.21. The van der Waals surface area contributed by atoms with Crippen molar-refractivity contribution in [2.75, 3.05) is 45.3 Å². The lowest BCUT2D eigenvalue weighted by molar-refractivity contribution is 0.146. The van der Waals surface area contributed by atoms with Crippen LogP contribution in [0.15, 0.2) is 47.1 Å². The van der Waals surface area contributed by atoms with E-state index in [4.69, 9.17) is 13.9 Å². The lowest BCUT2D eigenvalue weighted by Crippen LogP contribution is -2.39. The summed E-state index contributed by atoms with van der Waals surface area (Å²) in [5.41, 5.74) is 0.614. The monoisotopic (exact) mass is 375 g/mol. The number of carbonyl (C=O) groups is 1. The molecule has 1 aromatic carbocycles. The molecule has 0 radical (unpaired) electrons. The minimum Gasteiger partial charge on any atom is -0.489 e. The molecule has 0 bridgehead atoms. The largest absolute Gasteiger partial charge is 0.489 e. The molecule has 0 aliphatic rings. The van der Waals surface area contributed by atoms with Gasteiger partial charge in [0.05, 0.1) is 24.6 Å². The highest BCUT2D eigenvalue weighted by molar-refractivity contribution is 5.90. The average molecular weight is 375 g/mol. The third-order valence-electron chi connectivity index (χ3n) is 4.26. The Hall–Kier alpha value is -2.51. The molecule has 7 heteroatoms. The number of furan rings is 1. The third-order valence-corrected chi connectivity index (χ3v) is 4.26. The minimum atomic E-state index is -0.290. The summed E-state index contributed by atoms with van der Waals surface area (Å²) in [6.45, 7) is 7.24. The second-order valence-electron chi connectivity index (χ2n) is 5.92. The number of amides is 2. The fourth-order valence-electron chi connectivity index (χ4n) is 2.84. The molecule has 0 aliphatic heterocycles. The van der Waals surface area contributed by atoms with Crippen molar-refractivity contribution < 1.29 is 18.7 Å². The van der Waals surface area contributed by atoms with Crippen LogP contribution in [0.25, 0.3) is 0 Å². The van der Waals surface area contributed by atoms with Crippen LogP contribution in [-0.4, -0.2) is 50.9 Å². The van der Waals surface area contributed by atoms with E-state index in [-0.39, 0.29) is 12.1 Å². The van der Waals surface area contributed by atoms with Gasteiger partial charge in [-0.3, -0.25) is 4.90 Å². The first-order valence-electron chi connectivity index (χ1n) is 9.22.